The van der Waals surface area contributed by atoms with Gasteiger partial charge in [-0.3, -0.25) is 0 Å². The lowest BCUT2D eigenvalue weighted by Gasteiger charge is -2.16. The summed E-state index contributed by atoms with van der Waals surface area (Å²) in [5.74, 6) is 1.62. The van der Waals surface area contributed by atoms with Gasteiger partial charge in [0.15, 0.2) is 11.5 Å². The van der Waals surface area contributed by atoms with Crippen LogP contribution in [0.1, 0.15) is 30.0 Å². The molecule has 0 aromatic heterocycles. The molecule has 0 aliphatic rings. The summed E-state index contributed by atoms with van der Waals surface area (Å²) < 4.78 is 11.3. The molecule has 0 bridgehead atoms. The lowest BCUT2D eigenvalue weighted by molar-refractivity contribution is 0.291. The van der Waals surface area contributed by atoms with Crippen LogP contribution in [0.2, 0.25) is 0 Å². The van der Waals surface area contributed by atoms with Crippen LogP contribution in [0, 0.1) is 13.8 Å². The van der Waals surface area contributed by atoms with Crippen molar-refractivity contribution in [2.75, 3.05) is 19.0 Å². The van der Waals surface area contributed by atoms with Gasteiger partial charge in [0, 0.05) is 17.8 Å². The molecule has 0 aliphatic carbocycles. The van der Waals surface area contributed by atoms with Gasteiger partial charge < -0.3 is 14.8 Å². The van der Waals surface area contributed by atoms with E-state index in [1.165, 1.54) is 11.1 Å². The van der Waals surface area contributed by atoms with Crippen molar-refractivity contribution in [2.45, 2.75) is 33.7 Å². The number of benzene rings is 2. The van der Waals surface area contributed by atoms with Gasteiger partial charge in [-0.05, 0) is 43.5 Å². The fraction of sp³-hybridized carbons (Fsp3) is 0.368. The molecule has 0 aliphatic heterocycles. The SMILES string of the molecule is CCCOc1c(CNc2cc(C)ccc2C)cccc1OC. The Hall–Kier alpha value is -2.16. The number of hydrogen-bond acceptors (Lipinski definition) is 3. The second-order valence-corrected chi connectivity index (χ2v) is 5.47. The van der Waals surface area contributed by atoms with Gasteiger partial charge in [-0.2, -0.15) is 0 Å². The number of hydrogen-bond donors (Lipinski definition) is 1. The molecule has 118 valence electrons. The summed E-state index contributed by atoms with van der Waals surface area (Å²) in [6.45, 7) is 7.72. The van der Waals surface area contributed by atoms with Crippen molar-refractivity contribution < 1.29 is 9.47 Å². The Balaban J connectivity index is 2.19. The summed E-state index contributed by atoms with van der Waals surface area (Å²) in [6.07, 6.45) is 0.974. The molecule has 0 heterocycles. The van der Waals surface area contributed by atoms with Crippen LogP contribution in [-0.4, -0.2) is 13.7 Å². The Morgan fingerprint density at radius 2 is 1.91 bits per heavy atom. The minimum Gasteiger partial charge on any atom is -0.493 e. The fourth-order valence-electron chi connectivity index (χ4n) is 2.35. The van der Waals surface area contributed by atoms with E-state index < -0.39 is 0 Å². The zero-order chi connectivity index (χ0) is 15.9. The molecular weight excluding hydrogens is 274 g/mol. The first-order valence-corrected chi connectivity index (χ1v) is 7.75. The van der Waals surface area contributed by atoms with E-state index in [1.807, 2.05) is 12.1 Å². The van der Waals surface area contributed by atoms with Crippen LogP contribution in [0.3, 0.4) is 0 Å². The maximum Gasteiger partial charge on any atom is 0.166 e. The van der Waals surface area contributed by atoms with Crippen molar-refractivity contribution in [3.05, 3.63) is 53.1 Å². The zero-order valence-electron chi connectivity index (χ0n) is 13.9. The minimum absolute atomic E-state index is 0.691. The van der Waals surface area contributed by atoms with E-state index >= 15 is 0 Å². The van der Waals surface area contributed by atoms with Gasteiger partial charge in [-0.15, -0.1) is 0 Å². The highest BCUT2D eigenvalue weighted by Gasteiger charge is 2.10. The predicted molar refractivity (Wildman–Crippen MR) is 92.0 cm³/mol. The summed E-state index contributed by atoms with van der Waals surface area (Å²) in [5.41, 5.74) is 4.75. The van der Waals surface area contributed by atoms with Crippen LogP contribution in [0.5, 0.6) is 11.5 Å². The van der Waals surface area contributed by atoms with E-state index in [9.17, 15) is 0 Å². The molecule has 0 fully saturated rings. The van der Waals surface area contributed by atoms with Gasteiger partial charge in [-0.25, -0.2) is 0 Å². The maximum absolute atomic E-state index is 5.89. The summed E-state index contributed by atoms with van der Waals surface area (Å²) in [4.78, 5) is 0. The first kappa shape index (κ1) is 16.2. The number of para-hydroxylation sites is 1. The summed E-state index contributed by atoms with van der Waals surface area (Å²) >= 11 is 0. The predicted octanol–water partition coefficient (Wildman–Crippen LogP) is 4.71. The first-order valence-electron chi connectivity index (χ1n) is 7.75. The standard InChI is InChI=1S/C19H25NO2/c1-5-11-22-19-16(7-6-8-18(19)21-4)13-20-17-12-14(2)9-10-15(17)3/h6-10,12,20H,5,11,13H2,1-4H3. The number of nitrogens with one attached hydrogen (secondary N) is 1. The number of aryl methyl sites for hydroxylation is 2. The van der Waals surface area contributed by atoms with Crippen molar-refractivity contribution in [3.8, 4) is 11.5 Å². The Morgan fingerprint density at radius 1 is 1.09 bits per heavy atom. The van der Waals surface area contributed by atoms with E-state index in [-0.39, 0.29) is 0 Å². The quantitative estimate of drug-likeness (QED) is 0.803. The van der Waals surface area contributed by atoms with Crippen LogP contribution in [0.25, 0.3) is 0 Å². The molecule has 0 radical (unpaired) electrons. The molecule has 0 saturated heterocycles. The number of methoxy groups -OCH3 is 1. The number of ether oxygens (including phenoxy) is 2. The van der Waals surface area contributed by atoms with Crippen LogP contribution >= 0.6 is 0 Å². The molecule has 0 saturated carbocycles. The van der Waals surface area contributed by atoms with Gasteiger partial charge in [0.1, 0.15) is 0 Å². The van der Waals surface area contributed by atoms with Gasteiger partial charge in [0.2, 0.25) is 0 Å². The maximum atomic E-state index is 5.89. The molecule has 0 atom stereocenters. The molecule has 0 unspecified atom stereocenters. The third-order valence-corrected chi connectivity index (χ3v) is 3.59. The lowest BCUT2D eigenvalue weighted by atomic mass is 10.1. The Bertz CT molecular complexity index is 623. The average molecular weight is 299 g/mol. The minimum atomic E-state index is 0.691. The van der Waals surface area contributed by atoms with Crippen LogP contribution in [0.15, 0.2) is 36.4 Å². The number of anilines is 1. The Morgan fingerprint density at radius 3 is 2.64 bits per heavy atom. The third kappa shape index (κ3) is 3.94. The van der Waals surface area contributed by atoms with Crippen molar-refractivity contribution in [3.63, 3.8) is 0 Å². The van der Waals surface area contributed by atoms with Crippen molar-refractivity contribution in [1.82, 2.24) is 0 Å². The Kier molecular flexibility index (Phi) is 5.70. The normalized spacial score (nSPS) is 10.4. The number of rotatable bonds is 7. The first-order chi connectivity index (χ1) is 10.7. The smallest absolute Gasteiger partial charge is 0.166 e. The van der Waals surface area contributed by atoms with Crippen LogP contribution in [-0.2, 0) is 6.54 Å². The summed E-state index contributed by atoms with van der Waals surface area (Å²) in [6, 6.07) is 12.4. The van der Waals surface area contributed by atoms with E-state index in [1.54, 1.807) is 7.11 Å². The van der Waals surface area contributed by atoms with Crippen LogP contribution in [0.4, 0.5) is 5.69 Å². The monoisotopic (exact) mass is 299 g/mol. The van der Waals surface area contributed by atoms with Gasteiger partial charge in [0.25, 0.3) is 0 Å². The van der Waals surface area contributed by atoms with Gasteiger partial charge in [0.05, 0.1) is 13.7 Å². The van der Waals surface area contributed by atoms with E-state index in [0.717, 1.165) is 29.2 Å². The molecule has 2 rings (SSSR count). The van der Waals surface area contributed by atoms with Gasteiger partial charge >= 0.3 is 0 Å². The Labute approximate surface area is 133 Å². The largest absolute Gasteiger partial charge is 0.493 e. The van der Waals surface area contributed by atoms with Crippen LogP contribution < -0.4 is 14.8 Å². The second-order valence-electron chi connectivity index (χ2n) is 5.47. The van der Waals surface area contributed by atoms with Gasteiger partial charge in [-0.1, -0.05) is 31.2 Å². The average Bonchev–Trinajstić information content (AvgIpc) is 2.53. The second kappa shape index (κ2) is 7.74. The van der Waals surface area contributed by atoms with E-state index in [0.29, 0.717) is 13.2 Å². The molecular formula is C19H25NO2. The van der Waals surface area contributed by atoms with E-state index in [2.05, 4.69) is 50.4 Å². The van der Waals surface area contributed by atoms with E-state index in [4.69, 9.17) is 9.47 Å². The topological polar surface area (TPSA) is 30.5 Å². The van der Waals surface area contributed by atoms with Crippen molar-refractivity contribution >= 4 is 5.69 Å². The molecule has 1 N–H and O–H groups in total. The molecule has 3 heteroatoms. The molecule has 3 nitrogen and oxygen atoms in total. The zero-order valence-corrected chi connectivity index (χ0v) is 13.9. The fourth-order valence-corrected chi connectivity index (χ4v) is 2.35. The highest BCUT2D eigenvalue weighted by atomic mass is 16.5. The highest BCUT2D eigenvalue weighted by molar-refractivity contribution is 5.54. The molecule has 2 aromatic rings. The summed E-state index contributed by atoms with van der Waals surface area (Å²) in [5, 5.41) is 3.50. The molecule has 22 heavy (non-hydrogen) atoms. The molecule has 0 spiro atoms. The summed E-state index contributed by atoms with van der Waals surface area (Å²) in [7, 11) is 1.68. The third-order valence-electron chi connectivity index (χ3n) is 3.59. The molecule has 2 aromatic carbocycles. The molecule has 0 amide bonds. The van der Waals surface area contributed by atoms with Crippen molar-refractivity contribution in [1.29, 1.82) is 0 Å². The van der Waals surface area contributed by atoms with Crippen molar-refractivity contribution in [2.24, 2.45) is 0 Å². The highest BCUT2D eigenvalue weighted by Crippen LogP contribution is 2.32. The lowest BCUT2D eigenvalue weighted by Crippen LogP contribution is -2.06.